The van der Waals surface area contributed by atoms with Gasteiger partial charge in [-0.15, -0.1) is 0 Å². The maximum atomic E-state index is 14.3. The van der Waals surface area contributed by atoms with E-state index < -0.39 is 23.4 Å². The fraction of sp³-hybridized carbons (Fsp3) is 0.611. The molecule has 2 amide bonds. The van der Waals surface area contributed by atoms with Crippen molar-refractivity contribution in [2.24, 2.45) is 5.73 Å². The van der Waals surface area contributed by atoms with Crippen molar-refractivity contribution in [2.45, 2.75) is 64.1 Å². The first-order valence-electron chi connectivity index (χ1n) is 8.87. The number of hydrogen-bond donors (Lipinski definition) is 3. The summed E-state index contributed by atoms with van der Waals surface area (Å²) >= 11 is 0. The van der Waals surface area contributed by atoms with Crippen LogP contribution in [0.2, 0.25) is 0 Å². The number of anilines is 1. The molecule has 1 aromatic rings. The molecule has 4 N–H and O–H groups in total. The smallest absolute Gasteiger partial charge is 0.407 e. The summed E-state index contributed by atoms with van der Waals surface area (Å²) in [4.78, 5) is 28.5. The number of halogens is 1. The zero-order valence-corrected chi connectivity index (χ0v) is 16.1. The number of methoxy groups -OCH3 is 1. The van der Waals surface area contributed by atoms with E-state index in [2.05, 4.69) is 10.3 Å². The van der Waals surface area contributed by atoms with Gasteiger partial charge in [-0.3, -0.25) is 4.79 Å². The number of ether oxygens (including phenoxy) is 1. The first-order chi connectivity index (χ1) is 12.5. The van der Waals surface area contributed by atoms with E-state index >= 15 is 0 Å². The van der Waals surface area contributed by atoms with Crippen LogP contribution in [0.3, 0.4) is 0 Å². The molecule has 9 heteroatoms. The number of pyridine rings is 1. The summed E-state index contributed by atoms with van der Waals surface area (Å²) in [6.45, 7) is 5.62. The molecule has 0 atom stereocenters. The Bertz CT molecular complexity index is 712. The van der Waals surface area contributed by atoms with E-state index in [1.54, 1.807) is 0 Å². The molecule has 1 aromatic heterocycles. The van der Waals surface area contributed by atoms with Gasteiger partial charge in [-0.05, 0) is 52.5 Å². The van der Waals surface area contributed by atoms with Crippen LogP contribution in [-0.2, 0) is 0 Å². The summed E-state index contributed by atoms with van der Waals surface area (Å²) in [5, 5.41) is 12.6. The normalized spacial score (nSPS) is 20.0. The van der Waals surface area contributed by atoms with Crippen LogP contribution < -0.4 is 15.8 Å². The highest BCUT2D eigenvalue weighted by Gasteiger charge is 2.35. The Balaban J connectivity index is 2.08. The van der Waals surface area contributed by atoms with Crippen LogP contribution in [0, 0.1) is 5.82 Å². The Morgan fingerprint density at radius 1 is 1.33 bits per heavy atom. The van der Waals surface area contributed by atoms with Crippen molar-refractivity contribution in [3.8, 4) is 5.88 Å². The molecule has 1 heterocycles. The van der Waals surface area contributed by atoms with Crippen molar-refractivity contribution < 1.29 is 23.8 Å². The molecule has 0 bridgehead atoms. The van der Waals surface area contributed by atoms with Crippen molar-refractivity contribution in [1.29, 1.82) is 0 Å². The highest BCUT2D eigenvalue weighted by Crippen LogP contribution is 2.31. The molecule has 0 radical (unpaired) electrons. The average Bonchev–Trinajstić information content (AvgIpc) is 2.56. The maximum Gasteiger partial charge on any atom is 0.407 e. The number of primary amides is 1. The number of carboxylic acid groups (broad SMARTS) is 1. The average molecular weight is 382 g/mol. The Labute approximate surface area is 157 Å². The Morgan fingerprint density at radius 2 is 1.93 bits per heavy atom. The molecule has 8 nitrogen and oxygen atoms in total. The molecule has 0 aliphatic heterocycles. The van der Waals surface area contributed by atoms with Gasteiger partial charge >= 0.3 is 6.09 Å². The lowest BCUT2D eigenvalue weighted by Gasteiger charge is -2.42. The number of carbonyl (C=O) groups excluding carboxylic acids is 1. The molecular weight excluding hydrogens is 355 g/mol. The van der Waals surface area contributed by atoms with Crippen LogP contribution in [0.4, 0.5) is 15.0 Å². The predicted octanol–water partition coefficient (Wildman–Crippen LogP) is 2.83. The Hall–Kier alpha value is -2.58. The van der Waals surface area contributed by atoms with E-state index in [4.69, 9.17) is 10.5 Å². The summed E-state index contributed by atoms with van der Waals surface area (Å²) in [5.41, 5.74) is 4.60. The lowest BCUT2D eigenvalue weighted by Crippen LogP contribution is -2.52. The number of carbonyl (C=O) groups is 2. The van der Waals surface area contributed by atoms with Gasteiger partial charge in [-0.25, -0.2) is 9.18 Å². The molecule has 0 spiro atoms. The van der Waals surface area contributed by atoms with Crippen molar-refractivity contribution >= 4 is 17.8 Å². The van der Waals surface area contributed by atoms with Gasteiger partial charge < -0.3 is 25.8 Å². The van der Waals surface area contributed by atoms with Gasteiger partial charge in [0.05, 0.1) is 7.11 Å². The van der Waals surface area contributed by atoms with E-state index in [-0.39, 0.29) is 29.3 Å². The quantitative estimate of drug-likeness (QED) is 0.721. The molecule has 27 heavy (non-hydrogen) atoms. The Morgan fingerprint density at radius 3 is 2.37 bits per heavy atom. The van der Waals surface area contributed by atoms with E-state index in [9.17, 15) is 19.1 Å². The minimum absolute atomic E-state index is 0.00814. The number of amides is 2. The van der Waals surface area contributed by atoms with Crippen LogP contribution in [0.15, 0.2) is 6.07 Å². The lowest BCUT2D eigenvalue weighted by molar-refractivity contribution is 0.0556. The van der Waals surface area contributed by atoms with Gasteiger partial charge in [0.15, 0.2) is 11.6 Å². The first-order valence-corrected chi connectivity index (χ1v) is 8.87. The number of aromatic nitrogens is 1. The summed E-state index contributed by atoms with van der Waals surface area (Å²) < 4.78 is 19.3. The van der Waals surface area contributed by atoms with Crippen molar-refractivity contribution in [3.63, 3.8) is 0 Å². The summed E-state index contributed by atoms with van der Waals surface area (Å²) in [6, 6.07) is 0.876. The van der Waals surface area contributed by atoms with Gasteiger partial charge in [-0.2, -0.15) is 4.98 Å². The van der Waals surface area contributed by atoms with Crippen LogP contribution in [0.5, 0.6) is 5.88 Å². The van der Waals surface area contributed by atoms with Crippen molar-refractivity contribution in [1.82, 2.24) is 9.88 Å². The second-order valence-corrected chi connectivity index (χ2v) is 7.71. The second-order valence-electron chi connectivity index (χ2n) is 7.71. The van der Waals surface area contributed by atoms with Gasteiger partial charge in [0, 0.05) is 17.6 Å². The molecule has 1 aliphatic carbocycles. The monoisotopic (exact) mass is 382 g/mol. The number of rotatable bonds is 5. The number of nitrogens with one attached hydrogen (secondary N) is 1. The molecule has 0 aromatic carbocycles. The lowest BCUT2D eigenvalue weighted by atomic mass is 9.88. The zero-order valence-electron chi connectivity index (χ0n) is 16.1. The number of nitrogens with zero attached hydrogens (tertiary/aromatic N) is 2. The summed E-state index contributed by atoms with van der Waals surface area (Å²) in [5.74, 6) is -1.55. The maximum absolute atomic E-state index is 14.3. The van der Waals surface area contributed by atoms with Gasteiger partial charge in [0.25, 0.3) is 5.91 Å². The second kappa shape index (κ2) is 7.98. The van der Waals surface area contributed by atoms with Crippen molar-refractivity contribution in [2.75, 3.05) is 12.4 Å². The molecular formula is C18H27FN4O4. The minimum Gasteiger partial charge on any atom is -0.480 e. The molecule has 150 valence electrons. The van der Waals surface area contributed by atoms with Crippen LogP contribution in [0.1, 0.15) is 56.8 Å². The van der Waals surface area contributed by atoms with Crippen molar-refractivity contribution in [3.05, 3.63) is 17.4 Å². The van der Waals surface area contributed by atoms with E-state index in [1.807, 2.05) is 20.8 Å². The molecule has 2 rings (SSSR count). The summed E-state index contributed by atoms with van der Waals surface area (Å²) in [7, 11) is 1.33. The highest BCUT2D eigenvalue weighted by molar-refractivity contribution is 5.95. The Kier molecular flexibility index (Phi) is 6.12. The van der Waals surface area contributed by atoms with E-state index in [1.165, 1.54) is 12.0 Å². The highest BCUT2D eigenvalue weighted by atomic mass is 19.1. The zero-order chi connectivity index (χ0) is 20.4. The SMILES string of the molecule is COc1nc(N[C@H]2CC[C@H](N(C(=O)O)C(C)(C)C)CC2)c(F)cc1C(N)=O. The molecule has 0 saturated heterocycles. The van der Waals surface area contributed by atoms with Gasteiger partial charge in [-0.1, -0.05) is 0 Å². The summed E-state index contributed by atoms with van der Waals surface area (Å²) in [6.07, 6.45) is 1.74. The first kappa shape index (κ1) is 20.7. The third-order valence-electron chi connectivity index (χ3n) is 4.73. The van der Waals surface area contributed by atoms with Crippen LogP contribution in [0.25, 0.3) is 0 Å². The van der Waals surface area contributed by atoms with Crippen LogP contribution in [-0.4, -0.2) is 51.7 Å². The fourth-order valence-electron chi connectivity index (χ4n) is 3.57. The number of hydrogen-bond acceptors (Lipinski definition) is 5. The van der Waals surface area contributed by atoms with Crippen LogP contribution >= 0.6 is 0 Å². The largest absolute Gasteiger partial charge is 0.480 e. The van der Waals surface area contributed by atoms with E-state index in [0.29, 0.717) is 25.7 Å². The predicted molar refractivity (Wildman–Crippen MR) is 98.5 cm³/mol. The molecule has 1 fully saturated rings. The third-order valence-corrected chi connectivity index (χ3v) is 4.73. The topological polar surface area (TPSA) is 118 Å². The minimum atomic E-state index is -0.932. The van der Waals surface area contributed by atoms with Gasteiger partial charge in [0.1, 0.15) is 5.56 Å². The molecule has 1 aliphatic rings. The van der Waals surface area contributed by atoms with E-state index in [0.717, 1.165) is 6.07 Å². The number of nitrogens with two attached hydrogens (primary N) is 1. The molecule has 0 unspecified atom stereocenters. The standard InChI is InChI=1S/C18H27FN4O4/c1-18(2,3)23(17(25)26)11-7-5-10(6-8-11)21-15-13(19)9-12(14(20)24)16(22-15)27-4/h9-11H,5-8H2,1-4H3,(H2,20,24)(H,21,22)(H,25,26)/t10-,11-. The fourth-order valence-corrected chi connectivity index (χ4v) is 3.57. The molecule has 1 saturated carbocycles. The third kappa shape index (κ3) is 4.78. The van der Waals surface area contributed by atoms with Gasteiger partial charge in [0.2, 0.25) is 5.88 Å².